The lowest BCUT2D eigenvalue weighted by atomic mass is 9.49. The normalized spacial score (nSPS) is 31.3. The fraction of sp³-hybridized carbons (Fsp3) is 0.640. The van der Waals surface area contributed by atoms with Crippen molar-refractivity contribution < 1.29 is 4.79 Å². The van der Waals surface area contributed by atoms with Crippen molar-refractivity contribution >= 4 is 33.4 Å². The molecule has 1 aromatic carbocycles. The number of halogens is 2. The molecule has 0 N–H and O–H groups in total. The maximum atomic E-state index is 13.0. The van der Waals surface area contributed by atoms with Gasteiger partial charge in [-0.3, -0.25) is 9.69 Å². The number of benzene rings is 1. The van der Waals surface area contributed by atoms with Gasteiger partial charge in [0.05, 0.1) is 16.9 Å². The van der Waals surface area contributed by atoms with Gasteiger partial charge in [-0.1, -0.05) is 32.7 Å². The third-order valence-corrected chi connectivity index (χ3v) is 9.45. The molecule has 0 spiro atoms. The average Bonchev–Trinajstić information content (AvgIpc) is 3.27. The molecule has 4 bridgehead atoms. The Hall–Kier alpha value is -1.44. The number of hydrogen-bond donors (Lipinski definition) is 0. The second-order valence-corrected chi connectivity index (χ2v) is 12.3. The molecule has 5 fully saturated rings. The van der Waals surface area contributed by atoms with Gasteiger partial charge in [0.2, 0.25) is 0 Å². The van der Waals surface area contributed by atoms with E-state index in [1.54, 1.807) is 10.9 Å². The fourth-order valence-electron chi connectivity index (χ4n) is 7.47. The molecule has 4 saturated carbocycles. The zero-order chi connectivity index (χ0) is 22.6. The summed E-state index contributed by atoms with van der Waals surface area (Å²) in [5.41, 5.74) is 1.71. The number of amides is 1. The fourth-order valence-corrected chi connectivity index (χ4v) is 8.23. The van der Waals surface area contributed by atoms with Crippen LogP contribution in [0.1, 0.15) is 55.4 Å². The zero-order valence-corrected chi connectivity index (χ0v) is 21.3. The number of rotatable bonds is 5. The first-order valence-corrected chi connectivity index (χ1v) is 13.5. The van der Waals surface area contributed by atoms with Crippen LogP contribution in [0, 0.1) is 23.2 Å². The molecule has 1 aromatic heterocycles. The van der Waals surface area contributed by atoms with Crippen LogP contribution in [0.15, 0.2) is 28.9 Å². The predicted molar refractivity (Wildman–Crippen MR) is 132 cm³/mol. The van der Waals surface area contributed by atoms with E-state index >= 15 is 0 Å². The molecule has 7 rings (SSSR count). The molecular weight excluding hydrogens is 502 g/mol. The van der Waals surface area contributed by atoms with Crippen LogP contribution in [0.2, 0.25) is 5.02 Å². The Bertz CT molecular complexity index is 1010. The van der Waals surface area contributed by atoms with Gasteiger partial charge in [-0.05, 0) is 92.9 Å². The minimum Gasteiger partial charge on any atom is -0.335 e. The van der Waals surface area contributed by atoms with E-state index in [0.717, 1.165) is 48.4 Å². The molecule has 1 aliphatic heterocycles. The van der Waals surface area contributed by atoms with E-state index in [0.29, 0.717) is 21.8 Å². The van der Waals surface area contributed by atoms with Crippen molar-refractivity contribution in [2.75, 3.05) is 32.7 Å². The van der Waals surface area contributed by atoms with Gasteiger partial charge >= 0.3 is 0 Å². The van der Waals surface area contributed by atoms with E-state index in [1.807, 2.05) is 23.1 Å². The first kappa shape index (κ1) is 22.1. The standard InChI is InChI=1S/C25H31BrClN5O/c26-20-1-2-23(21(27)12-20)32-16-22(28-29-32)24(33)31-7-5-30(6-8-31)4-3-25-13-17-9-18(14-25)11-19(10-17)15-25/h1-2,12,16-19H,3-11,13-15H2. The highest BCUT2D eigenvalue weighted by Crippen LogP contribution is 2.61. The Morgan fingerprint density at radius 2 is 1.73 bits per heavy atom. The highest BCUT2D eigenvalue weighted by molar-refractivity contribution is 9.10. The van der Waals surface area contributed by atoms with Crippen molar-refractivity contribution in [3.63, 3.8) is 0 Å². The van der Waals surface area contributed by atoms with Crippen molar-refractivity contribution in [1.82, 2.24) is 24.8 Å². The van der Waals surface area contributed by atoms with E-state index in [4.69, 9.17) is 11.6 Å². The third-order valence-electron chi connectivity index (χ3n) is 8.65. The number of carbonyl (C=O) groups is 1. The lowest BCUT2D eigenvalue weighted by molar-refractivity contribution is -0.0620. The second-order valence-electron chi connectivity index (χ2n) is 10.9. The molecule has 5 aliphatic rings. The van der Waals surface area contributed by atoms with Crippen LogP contribution in [-0.4, -0.2) is 63.4 Å². The van der Waals surface area contributed by atoms with Gasteiger partial charge in [0, 0.05) is 30.7 Å². The third kappa shape index (κ3) is 4.37. The summed E-state index contributed by atoms with van der Waals surface area (Å²) in [5.74, 6) is 3.01. The lowest BCUT2D eigenvalue weighted by Crippen LogP contribution is -2.51. The van der Waals surface area contributed by atoms with Crippen LogP contribution >= 0.6 is 27.5 Å². The quantitative estimate of drug-likeness (QED) is 0.541. The Kier molecular flexibility index (Phi) is 5.78. The van der Waals surface area contributed by atoms with Crippen molar-refractivity contribution in [3.8, 4) is 5.69 Å². The summed E-state index contributed by atoms with van der Waals surface area (Å²) in [4.78, 5) is 17.5. The predicted octanol–water partition coefficient (Wildman–Crippen LogP) is 5.05. The summed E-state index contributed by atoms with van der Waals surface area (Å²) in [6.07, 6.45) is 12.0. The van der Waals surface area contributed by atoms with Gasteiger partial charge in [-0.15, -0.1) is 5.10 Å². The van der Waals surface area contributed by atoms with Crippen molar-refractivity contribution in [1.29, 1.82) is 0 Å². The van der Waals surface area contributed by atoms with Gasteiger partial charge in [0.1, 0.15) is 0 Å². The van der Waals surface area contributed by atoms with Crippen LogP contribution in [0.4, 0.5) is 0 Å². The summed E-state index contributed by atoms with van der Waals surface area (Å²) in [6, 6.07) is 5.56. The van der Waals surface area contributed by atoms with Crippen molar-refractivity contribution in [2.45, 2.75) is 44.9 Å². The maximum absolute atomic E-state index is 13.0. The zero-order valence-electron chi connectivity index (χ0n) is 18.9. The number of nitrogens with zero attached hydrogens (tertiary/aromatic N) is 5. The number of carbonyl (C=O) groups excluding carboxylic acids is 1. The molecular formula is C25H31BrClN5O. The molecule has 1 amide bonds. The minimum atomic E-state index is -0.0461. The lowest BCUT2D eigenvalue weighted by Gasteiger charge is -2.57. The number of aromatic nitrogens is 3. The summed E-state index contributed by atoms with van der Waals surface area (Å²) >= 11 is 9.74. The van der Waals surface area contributed by atoms with Crippen LogP contribution in [0.25, 0.3) is 5.69 Å². The Balaban J connectivity index is 1.03. The maximum Gasteiger partial charge on any atom is 0.276 e. The van der Waals surface area contributed by atoms with Crippen LogP contribution in [0.3, 0.4) is 0 Å². The van der Waals surface area contributed by atoms with E-state index in [-0.39, 0.29) is 5.91 Å². The van der Waals surface area contributed by atoms with Gasteiger partial charge in [0.25, 0.3) is 5.91 Å². The largest absolute Gasteiger partial charge is 0.335 e. The molecule has 176 valence electrons. The second kappa shape index (κ2) is 8.65. The molecule has 0 radical (unpaired) electrons. The average molecular weight is 533 g/mol. The van der Waals surface area contributed by atoms with Crippen LogP contribution in [0.5, 0.6) is 0 Å². The van der Waals surface area contributed by atoms with Crippen molar-refractivity contribution in [3.05, 3.63) is 39.6 Å². The molecule has 4 aliphatic carbocycles. The smallest absolute Gasteiger partial charge is 0.276 e. The molecule has 2 aromatic rings. The minimum absolute atomic E-state index is 0.0461. The van der Waals surface area contributed by atoms with E-state index in [1.165, 1.54) is 51.5 Å². The first-order chi connectivity index (χ1) is 16.0. The molecule has 6 nitrogen and oxygen atoms in total. The summed E-state index contributed by atoms with van der Waals surface area (Å²) in [6.45, 7) is 4.60. The summed E-state index contributed by atoms with van der Waals surface area (Å²) in [7, 11) is 0. The number of piperazine rings is 1. The van der Waals surface area contributed by atoms with Gasteiger partial charge < -0.3 is 4.90 Å². The summed E-state index contributed by atoms with van der Waals surface area (Å²) in [5, 5.41) is 8.82. The number of hydrogen-bond acceptors (Lipinski definition) is 4. The molecule has 0 atom stereocenters. The van der Waals surface area contributed by atoms with E-state index in [2.05, 4.69) is 31.1 Å². The molecule has 1 saturated heterocycles. The molecule has 0 unspecified atom stereocenters. The Morgan fingerprint density at radius 1 is 1.06 bits per heavy atom. The molecule has 2 heterocycles. The first-order valence-electron chi connectivity index (χ1n) is 12.4. The van der Waals surface area contributed by atoms with Gasteiger partial charge in [-0.25, -0.2) is 4.68 Å². The molecule has 33 heavy (non-hydrogen) atoms. The highest BCUT2D eigenvalue weighted by Gasteiger charge is 2.50. The van der Waals surface area contributed by atoms with Crippen LogP contribution < -0.4 is 0 Å². The SMILES string of the molecule is O=C(c1cn(-c2ccc(Br)cc2Cl)nn1)N1CCN(CCC23CC4CC(CC(C4)C2)C3)CC1. The van der Waals surface area contributed by atoms with E-state index < -0.39 is 0 Å². The van der Waals surface area contributed by atoms with Gasteiger partial charge in [0.15, 0.2) is 5.69 Å². The van der Waals surface area contributed by atoms with Crippen LogP contribution in [-0.2, 0) is 0 Å². The van der Waals surface area contributed by atoms with Crippen molar-refractivity contribution in [2.24, 2.45) is 23.2 Å². The molecule has 8 heteroatoms. The Morgan fingerprint density at radius 3 is 2.36 bits per heavy atom. The van der Waals surface area contributed by atoms with Gasteiger partial charge in [-0.2, -0.15) is 0 Å². The highest BCUT2D eigenvalue weighted by atomic mass is 79.9. The monoisotopic (exact) mass is 531 g/mol. The van der Waals surface area contributed by atoms with E-state index in [9.17, 15) is 4.79 Å². The summed E-state index contributed by atoms with van der Waals surface area (Å²) < 4.78 is 2.47. The topological polar surface area (TPSA) is 54.3 Å². The Labute approximate surface area is 208 Å².